The molecule has 0 saturated carbocycles. The van der Waals surface area contributed by atoms with Crippen LogP contribution in [0.4, 0.5) is 0 Å². The monoisotopic (exact) mass is 273 g/mol. The van der Waals surface area contributed by atoms with E-state index in [1.54, 1.807) is 0 Å². The predicted molar refractivity (Wildman–Crippen MR) is 73.9 cm³/mol. The summed E-state index contributed by atoms with van der Waals surface area (Å²) < 4.78 is 5.64. The summed E-state index contributed by atoms with van der Waals surface area (Å²) in [6.07, 6.45) is 0. The summed E-state index contributed by atoms with van der Waals surface area (Å²) in [5.41, 5.74) is 3.64. The molecule has 0 aliphatic heterocycles. The zero-order valence-corrected chi connectivity index (χ0v) is 11.8. The highest BCUT2D eigenvalue weighted by Crippen LogP contribution is 2.26. The fourth-order valence-electron chi connectivity index (χ4n) is 1.47. The molecule has 17 heavy (non-hydrogen) atoms. The Morgan fingerprint density at radius 1 is 1.53 bits per heavy atom. The lowest BCUT2D eigenvalue weighted by Gasteiger charge is -2.17. The molecule has 1 N–H and O–H groups in total. The fraction of sp³-hybridized carbons (Fsp3) is 0.385. The minimum Gasteiger partial charge on any atom is -0.488 e. The van der Waals surface area contributed by atoms with E-state index in [0.29, 0.717) is 5.03 Å². The van der Waals surface area contributed by atoms with Gasteiger partial charge in [0.15, 0.2) is 0 Å². The number of hydrogen-bond acceptors (Lipinski definition) is 2. The second-order valence-electron chi connectivity index (χ2n) is 3.90. The Bertz CT molecular complexity index is 404. The van der Waals surface area contributed by atoms with Crippen LogP contribution in [-0.2, 0) is 0 Å². The van der Waals surface area contributed by atoms with E-state index in [-0.39, 0.29) is 12.6 Å². The van der Waals surface area contributed by atoms with Crippen molar-refractivity contribution in [3.63, 3.8) is 0 Å². The Kier molecular flexibility index (Phi) is 5.83. The number of halogens is 2. The van der Waals surface area contributed by atoms with E-state index >= 15 is 0 Å². The summed E-state index contributed by atoms with van der Waals surface area (Å²) >= 11 is 11.3. The van der Waals surface area contributed by atoms with Gasteiger partial charge in [-0.1, -0.05) is 40.9 Å². The molecule has 1 rings (SSSR count). The Balaban J connectivity index is 2.90. The third kappa shape index (κ3) is 4.23. The zero-order valence-electron chi connectivity index (χ0n) is 10.3. The van der Waals surface area contributed by atoms with Crippen molar-refractivity contribution >= 4 is 23.2 Å². The first-order chi connectivity index (χ1) is 8.08. The second-order valence-corrected chi connectivity index (χ2v) is 4.60. The minimum absolute atomic E-state index is 0.226. The van der Waals surface area contributed by atoms with Gasteiger partial charge >= 0.3 is 0 Å². The van der Waals surface area contributed by atoms with Crippen LogP contribution < -0.4 is 10.1 Å². The third-order valence-electron chi connectivity index (χ3n) is 2.55. The molecule has 4 heteroatoms. The molecule has 0 heterocycles. The van der Waals surface area contributed by atoms with Gasteiger partial charge in [-0.3, -0.25) is 0 Å². The number of ether oxygens (including phenoxy) is 1. The normalized spacial score (nSPS) is 13.6. The maximum absolute atomic E-state index is 5.80. The molecule has 0 amide bonds. The van der Waals surface area contributed by atoms with Gasteiger partial charge in [0.1, 0.15) is 12.4 Å². The van der Waals surface area contributed by atoms with Gasteiger partial charge in [-0.15, -0.1) is 0 Å². The van der Waals surface area contributed by atoms with Gasteiger partial charge in [0.25, 0.3) is 0 Å². The van der Waals surface area contributed by atoms with Crippen LogP contribution in [0, 0.1) is 6.92 Å². The lowest BCUT2D eigenvalue weighted by molar-refractivity contribution is 0.351. The van der Waals surface area contributed by atoms with Gasteiger partial charge in [-0.25, -0.2) is 0 Å². The van der Waals surface area contributed by atoms with Gasteiger partial charge in [-0.2, -0.15) is 0 Å². The standard InChI is InChI=1S/C13H17Cl2NO/c1-9-4-5-13(17-8-11(15)7-14)12(6-9)10(2)16-3/h4-7,10,16H,8H2,1-3H3. The Labute approximate surface area is 113 Å². The molecule has 0 bridgehead atoms. The molecule has 0 radical (unpaired) electrons. The molecule has 0 aliphatic carbocycles. The maximum Gasteiger partial charge on any atom is 0.125 e. The topological polar surface area (TPSA) is 21.3 Å². The van der Waals surface area contributed by atoms with Gasteiger partial charge in [0, 0.05) is 17.1 Å². The van der Waals surface area contributed by atoms with Gasteiger partial charge in [-0.05, 0) is 27.0 Å². The van der Waals surface area contributed by atoms with E-state index in [1.807, 2.05) is 19.2 Å². The Morgan fingerprint density at radius 3 is 2.82 bits per heavy atom. The van der Waals surface area contributed by atoms with Crippen molar-refractivity contribution in [2.75, 3.05) is 13.7 Å². The van der Waals surface area contributed by atoms with Crippen molar-refractivity contribution < 1.29 is 4.74 Å². The fourth-order valence-corrected chi connectivity index (χ4v) is 1.59. The smallest absolute Gasteiger partial charge is 0.125 e. The molecule has 1 aromatic carbocycles. The third-order valence-corrected chi connectivity index (χ3v) is 3.14. The van der Waals surface area contributed by atoms with Crippen LogP contribution in [0.5, 0.6) is 5.75 Å². The van der Waals surface area contributed by atoms with Gasteiger partial charge in [0.2, 0.25) is 0 Å². The van der Waals surface area contributed by atoms with Crippen LogP contribution in [0.2, 0.25) is 0 Å². The summed E-state index contributed by atoms with van der Waals surface area (Å²) in [7, 11) is 1.92. The molecular weight excluding hydrogens is 257 g/mol. The Morgan fingerprint density at radius 2 is 2.24 bits per heavy atom. The number of hydrogen-bond donors (Lipinski definition) is 1. The summed E-state index contributed by atoms with van der Waals surface area (Å²) in [6.45, 7) is 4.43. The second kappa shape index (κ2) is 6.90. The molecule has 0 saturated heterocycles. The molecule has 0 spiro atoms. The SMILES string of the molecule is CNC(C)c1cc(C)ccc1OCC(Cl)=CCl. The first kappa shape index (κ1) is 14.4. The van der Waals surface area contributed by atoms with E-state index < -0.39 is 0 Å². The lowest BCUT2D eigenvalue weighted by Crippen LogP contribution is -2.14. The Hall–Kier alpha value is -0.700. The number of rotatable bonds is 5. The van der Waals surface area contributed by atoms with Crippen molar-refractivity contribution in [1.29, 1.82) is 0 Å². The molecule has 0 aliphatic rings. The van der Waals surface area contributed by atoms with Crippen molar-refractivity contribution in [1.82, 2.24) is 5.32 Å². The summed E-state index contributed by atoms with van der Waals surface area (Å²) in [5.74, 6) is 0.828. The largest absolute Gasteiger partial charge is 0.488 e. The van der Waals surface area contributed by atoms with Crippen molar-refractivity contribution in [2.45, 2.75) is 19.9 Å². The van der Waals surface area contributed by atoms with Gasteiger partial charge in [0.05, 0.1) is 5.03 Å². The molecule has 0 aromatic heterocycles. The molecule has 2 nitrogen and oxygen atoms in total. The number of aryl methyl sites for hydroxylation is 1. The number of benzene rings is 1. The van der Waals surface area contributed by atoms with Crippen LogP contribution in [0.15, 0.2) is 28.8 Å². The molecule has 94 valence electrons. The molecular formula is C13H17Cl2NO. The van der Waals surface area contributed by atoms with Crippen molar-refractivity contribution in [2.24, 2.45) is 0 Å². The van der Waals surface area contributed by atoms with E-state index in [2.05, 4.69) is 25.2 Å². The predicted octanol–water partition coefficient (Wildman–Crippen LogP) is 3.97. The summed E-state index contributed by atoms with van der Waals surface area (Å²) in [4.78, 5) is 0. The first-order valence-corrected chi connectivity index (χ1v) is 6.25. The maximum atomic E-state index is 5.80. The molecule has 0 fully saturated rings. The highest BCUT2D eigenvalue weighted by Gasteiger charge is 2.10. The quantitative estimate of drug-likeness (QED) is 0.877. The van der Waals surface area contributed by atoms with E-state index in [0.717, 1.165) is 11.3 Å². The van der Waals surface area contributed by atoms with E-state index in [4.69, 9.17) is 27.9 Å². The highest BCUT2D eigenvalue weighted by atomic mass is 35.5. The van der Waals surface area contributed by atoms with Crippen LogP contribution in [0.1, 0.15) is 24.1 Å². The van der Waals surface area contributed by atoms with Crippen LogP contribution in [0.25, 0.3) is 0 Å². The highest BCUT2D eigenvalue weighted by molar-refractivity contribution is 6.36. The summed E-state index contributed by atoms with van der Waals surface area (Å²) in [6, 6.07) is 6.30. The van der Waals surface area contributed by atoms with E-state index in [9.17, 15) is 0 Å². The lowest BCUT2D eigenvalue weighted by atomic mass is 10.0. The van der Waals surface area contributed by atoms with Crippen LogP contribution in [0.3, 0.4) is 0 Å². The zero-order chi connectivity index (χ0) is 12.8. The van der Waals surface area contributed by atoms with Crippen LogP contribution >= 0.6 is 23.2 Å². The van der Waals surface area contributed by atoms with Crippen LogP contribution in [-0.4, -0.2) is 13.7 Å². The first-order valence-electron chi connectivity index (χ1n) is 5.43. The minimum atomic E-state index is 0.226. The average molecular weight is 274 g/mol. The van der Waals surface area contributed by atoms with Gasteiger partial charge < -0.3 is 10.1 Å². The molecule has 1 atom stereocenters. The number of nitrogens with one attached hydrogen (secondary N) is 1. The average Bonchev–Trinajstić information content (AvgIpc) is 2.35. The van der Waals surface area contributed by atoms with E-state index in [1.165, 1.54) is 11.1 Å². The van der Waals surface area contributed by atoms with Crippen molar-refractivity contribution in [3.8, 4) is 5.75 Å². The van der Waals surface area contributed by atoms with Crippen molar-refractivity contribution in [3.05, 3.63) is 39.9 Å². The summed E-state index contributed by atoms with van der Waals surface area (Å²) in [5, 5.41) is 3.68. The molecule has 1 aromatic rings. The molecule has 1 unspecified atom stereocenters.